The van der Waals surface area contributed by atoms with Gasteiger partial charge in [-0.15, -0.1) is 0 Å². The minimum atomic E-state index is -1.38. The standard InChI is InChI=1S/C13H22N4O2/c1-3-11-10(7-16(2)15-11)8-17-6-4-5-13(19,9-17)12(14)18/h7,19H,3-6,8-9H2,1-2H3,(H2,14,18). The largest absolute Gasteiger partial charge is 0.379 e. The first-order chi connectivity index (χ1) is 8.94. The molecule has 0 radical (unpaired) electrons. The van der Waals surface area contributed by atoms with Gasteiger partial charge in [-0.1, -0.05) is 6.92 Å². The van der Waals surface area contributed by atoms with Gasteiger partial charge in [-0.05, 0) is 25.8 Å². The number of nitrogens with two attached hydrogens (primary N) is 1. The maximum atomic E-state index is 11.3. The second kappa shape index (κ2) is 5.30. The van der Waals surface area contributed by atoms with E-state index >= 15 is 0 Å². The molecule has 0 aromatic carbocycles. The molecule has 0 bridgehead atoms. The molecule has 0 spiro atoms. The molecule has 1 unspecified atom stereocenters. The highest BCUT2D eigenvalue weighted by Gasteiger charge is 2.38. The lowest BCUT2D eigenvalue weighted by Crippen LogP contribution is -2.55. The molecule has 1 fully saturated rings. The second-order valence-corrected chi connectivity index (χ2v) is 5.34. The van der Waals surface area contributed by atoms with Crippen molar-refractivity contribution in [2.45, 2.75) is 38.3 Å². The van der Waals surface area contributed by atoms with Crippen molar-refractivity contribution in [2.24, 2.45) is 12.8 Å². The average Bonchev–Trinajstić information content (AvgIpc) is 2.69. The fraction of sp³-hybridized carbons (Fsp3) is 0.692. The summed E-state index contributed by atoms with van der Waals surface area (Å²) in [5.74, 6) is -0.626. The van der Waals surface area contributed by atoms with Crippen LogP contribution in [0, 0.1) is 0 Å². The van der Waals surface area contributed by atoms with Crippen LogP contribution in [0.4, 0.5) is 0 Å². The van der Waals surface area contributed by atoms with Gasteiger partial charge in [0, 0.05) is 31.9 Å². The quantitative estimate of drug-likeness (QED) is 0.790. The third kappa shape index (κ3) is 2.96. The minimum Gasteiger partial charge on any atom is -0.379 e. The van der Waals surface area contributed by atoms with E-state index < -0.39 is 11.5 Å². The number of β-amino-alcohol motifs (C(OH)–C–C–N with tert-alkyl or cyclic N) is 1. The van der Waals surface area contributed by atoms with Crippen LogP contribution in [-0.4, -0.2) is 44.4 Å². The van der Waals surface area contributed by atoms with Crippen molar-refractivity contribution in [1.29, 1.82) is 0 Å². The van der Waals surface area contributed by atoms with Crippen LogP contribution in [0.15, 0.2) is 6.20 Å². The van der Waals surface area contributed by atoms with Gasteiger partial charge in [0.15, 0.2) is 5.60 Å². The first-order valence-electron chi connectivity index (χ1n) is 6.70. The van der Waals surface area contributed by atoms with Gasteiger partial charge in [-0.3, -0.25) is 14.4 Å². The fourth-order valence-corrected chi connectivity index (χ4v) is 2.71. The van der Waals surface area contributed by atoms with Crippen molar-refractivity contribution >= 4 is 5.91 Å². The van der Waals surface area contributed by atoms with Crippen molar-refractivity contribution in [3.8, 4) is 0 Å². The first-order valence-corrected chi connectivity index (χ1v) is 6.70. The number of aromatic nitrogens is 2. The molecule has 1 aromatic heterocycles. The number of likely N-dealkylation sites (tertiary alicyclic amines) is 1. The van der Waals surface area contributed by atoms with E-state index in [1.807, 2.05) is 13.2 Å². The molecule has 0 aliphatic carbocycles. The van der Waals surface area contributed by atoms with Crippen LogP contribution < -0.4 is 5.73 Å². The van der Waals surface area contributed by atoms with Gasteiger partial charge >= 0.3 is 0 Å². The third-order valence-electron chi connectivity index (χ3n) is 3.73. The Hall–Kier alpha value is -1.40. The molecule has 1 atom stereocenters. The molecule has 3 N–H and O–H groups in total. The molecular formula is C13H22N4O2. The first kappa shape index (κ1) is 14.0. The molecule has 0 saturated carbocycles. The molecule has 2 heterocycles. The predicted molar refractivity (Wildman–Crippen MR) is 71.2 cm³/mol. The van der Waals surface area contributed by atoms with Gasteiger partial charge in [-0.25, -0.2) is 0 Å². The Morgan fingerprint density at radius 1 is 1.63 bits per heavy atom. The Bertz CT molecular complexity index is 471. The van der Waals surface area contributed by atoms with Gasteiger partial charge in [-0.2, -0.15) is 5.10 Å². The Balaban J connectivity index is 2.08. The summed E-state index contributed by atoms with van der Waals surface area (Å²) in [5.41, 5.74) is 6.12. The van der Waals surface area contributed by atoms with E-state index in [0.29, 0.717) is 19.5 Å². The molecule has 1 saturated heterocycles. The maximum absolute atomic E-state index is 11.3. The highest BCUT2D eigenvalue weighted by Crippen LogP contribution is 2.23. The van der Waals surface area contributed by atoms with Crippen LogP contribution >= 0.6 is 0 Å². The molecule has 1 aromatic rings. The number of primary amides is 1. The average molecular weight is 266 g/mol. The van der Waals surface area contributed by atoms with Gasteiger partial charge in [0.05, 0.1) is 5.69 Å². The molecule has 6 heteroatoms. The topological polar surface area (TPSA) is 84.4 Å². The lowest BCUT2D eigenvalue weighted by Gasteiger charge is -2.36. The van der Waals surface area contributed by atoms with Crippen molar-refractivity contribution in [2.75, 3.05) is 13.1 Å². The minimum absolute atomic E-state index is 0.306. The van der Waals surface area contributed by atoms with Crippen LogP contribution in [0.1, 0.15) is 31.0 Å². The van der Waals surface area contributed by atoms with Gasteiger partial charge < -0.3 is 10.8 Å². The van der Waals surface area contributed by atoms with Gasteiger partial charge in [0.25, 0.3) is 5.91 Å². The summed E-state index contributed by atoms with van der Waals surface area (Å²) < 4.78 is 1.80. The normalized spacial score (nSPS) is 24.6. The molecule has 2 rings (SSSR count). The molecule has 106 valence electrons. The van der Waals surface area contributed by atoms with E-state index in [9.17, 15) is 9.90 Å². The summed E-state index contributed by atoms with van der Waals surface area (Å²) in [6, 6.07) is 0. The second-order valence-electron chi connectivity index (χ2n) is 5.34. The summed E-state index contributed by atoms with van der Waals surface area (Å²) in [7, 11) is 1.90. The van der Waals surface area contributed by atoms with E-state index in [-0.39, 0.29) is 0 Å². The van der Waals surface area contributed by atoms with Crippen molar-refractivity contribution in [3.63, 3.8) is 0 Å². The maximum Gasteiger partial charge on any atom is 0.250 e. The zero-order valence-electron chi connectivity index (χ0n) is 11.6. The molecule has 1 aliphatic rings. The van der Waals surface area contributed by atoms with Crippen LogP contribution in [-0.2, 0) is 24.8 Å². The van der Waals surface area contributed by atoms with E-state index in [2.05, 4.69) is 16.9 Å². The van der Waals surface area contributed by atoms with Crippen LogP contribution in [0.5, 0.6) is 0 Å². The number of piperidine rings is 1. The number of hydrogen-bond acceptors (Lipinski definition) is 4. The highest BCUT2D eigenvalue weighted by molar-refractivity contribution is 5.83. The number of rotatable bonds is 4. The van der Waals surface area contributed by atoms with Crippen LogP contribution in [0.25, 0.3) is 0 Å². The van der Waals surface area contributed by atoms with Crippen molar-refractivity contribution < 1.29 is 9.90 Å². The number of aryl methyl sites for hydroxylation is 2. The van der Waals surface area contributed by atoms with Gasteiger partial charge in [0.1, 0.15) is 0 Å². The van der Waals surface area contributed by atoms with Crippen LogP contribution in [0.2, 0.25) is 0 Å². The fourth-order valence-electron chi connectivity index (χ4n) is 2.71. The highest BCUT2D eigenvalue weighted by atomic mass is 16.3. The lowest BCUT2D eigenvalue weighted by atomic mass is 9.92. The van der Waals surface area contributed by atoms with Gasteiger partial charge in [0.2, 0.25) is 0 Å². The van der Waals surface area contributed by atoms with E-state index in [1.165, 1.54) is 0 Å². The number of hydrogen-bond donors (Lipinski definition) is 2. The number of amides is 1. The molecule has 19 heavy (non-hydrogen) atoms. The molecular weight excluding hydrogens is 244 g/mol. The monoisotopic (exact) mass is 266 g/mol. The number of carbonyl (C=O) groups excluding carboxylic acids is 1. The summed E-state index contributed by atoms with van der Waals surface area (Å²) in [6.07, 6.45) is 4.11. The smallest absolute Gasteiger partial charge is 0.250 e. The predicted octanol–water partition coefficient (Wildman–Crippen LogP) is -0.205. The SMILES string of the molecule is CCc1nn(C)cc1CN1CCCC(O)(C(N)=O)C1. The van der Waals surface area contributed by atoms with Crippen molar-refractivity contribution in [1.82, 2.24) is 14.7 Å². The number of nitrogens with zero attached hydrogens (tertiary/aromatic N) is 3. The lowest BCUT2D eigenvalue weighted by molar-refractivity contribution is -0.142. The summed E-state index contributed by atoms with van der Waals surface area (Å²) in [6.45, 7) is 3.95. The zero-order chi connectivity index (χ0) is 14.0. The summed E-state index contributed by atoms with van der Waals surface area (Å²) in [4.78, 5) is 13.4. The Morgan fingerprint density at radius 2 is 2.37 bits per heavy atom. The Morgan fingerprint density at radius 3 is 3.00 bits per heavy atom. The molecule has 6 nitrogen and oxygen atoms in total. The van der Waals surface area contributed by atoms with Crippen LogP contribution in [0.3, 0.4) is 0 Å². The summed E-state index contributed by atoms with van der Waals surface area (Å²) in [5, 5.41) is 14.6. The Kier molecular flexibility index (Phi) is 3.91. The number of aliphatic hydroxyl groups is 1. The summed E-state index contributed by atoms with van der Waals surface area (Å²) >= 11 is 0. The molecule has 1 amide bonds. The number of carbonyl (C=O) groups is 1. The van der Waals surface area contributed by atoms with E-state index in [1.54, 1.807) is 4.68 Å². The molecule has 1 aliphatic heterocycles. The Labute approximate surface area is 113 Å². The van der Waals surface area contributed by atoms with E-state index in [0.717, 1.165) is 30.6 Å². The van der Waals surface area contributed by atoms with E-state index in [4.69, 9.17) is 5.73 Å². The zero-order valence-corrected chi connectivity index (χ0v) is 11.6. The van der Waals surface area contributed by atoms with Crippen molar-refractivity contribution in [3.05, 3.63) is 17.5 Å². The third-order valence-corrected chi connectivity index (χ3v) is 3.73.